The van der Waals surface area contributed by atoms with E-state index in [0.29, 0.717) is 0 Å². The van der Waals surface area contributed by atoms with E-state index in [1.165, 1.54) is 31.6 Å². The SMILES string of the molecule is CCN1CCC(CNCc2ccc(C(F)F)cc2)C1. The fourth-order valence-electron chi connectivity index (χ4n) is 2.57. The van der Waals surface area contributed by atoms with E-state index in [9.17, 15) is 8.78 Å². The highest BCUT2D eigenvalue weighted by Gasteiger charge is 2.20. The molecule has 0 radical (unpaired) electrons. The van der Waals surface area contributed by atoms with E-state index in [0.717, 1.165) is 31.1 Å². The van der Waals surface area contributed by atoms with Crippen LogP contribution in [0.25, 0.3) is 0 Å². The molecule has 0 saturated carbocycles. The quantitative estimate of drug-likeness (QED) is 0.853. The first-order valence-corrected chi connectivity index (χ1v) is 6.99. The van der Waals surface area contributed by atoms with Gasteiger partial charge in [-0.2, -0.15) is 0 Å². The van der Waals surface area contributed by atoms with E-state index >= 15 is 0 Å². The van der Waals surface area contributed by atoms with Crippen LogP contribution in [-0.2, 0) is 6.54 Å². The third-order valence-corrected chi connectivity index (χ3v) is 3.81. The van der Waals surface area contributed by atoms with E-state index in [1.807, 2.05) is 0 Å². The largest absolute Gasteiger partial charge is 0.312 e. The maximum absolute atomic E-state index is 12.4. The van der Waals surface area contributed by atoms with Crippen molar-refractivity contribution in [3.63, 3.8) is 0 Å². The fourth-order valence-corrected chi connectivity index (χ4v) is 2.57. The molecule has 1 aliphatic rings. The second-order valence-corrected chi connectivity index (χ2v) is 5.22. The zero-order valence-electron chi connectivity index (χ0n) is 11.4. The molecule has 0 bridgehead atoms. The summed E-state index contributed by atoms with van der Waals surface area (Å²) in [6, 6.07) is 6.58. The Morgan fingerprint density at radius 1 is 1.32 bits per heavy atom. The average molecular weight is 268 g/mol. The average Bonchev–Trinajstić information content (AvgIpc) is 2.87. The molecule has 106 valence electrons. The summed E-state index contributed by atoms with van der Waals surface area (Å²) in [5.74, 6) is 0.722. The molecule has 2 rings (SSSR count). The summed E-state index contributed by atoms with van der Waals surface area (Å²) in [7, 11) is 0. The molecule has 0 amide bonds. The van der Waals surface area contributed by atoms with Gasteiger partial charge in [-0.3, -0.25) is 0 Å². The molecule has 1 unspecified atom stereocenters. The molecule has 1 fully saturated rings. The summed E-state index contributed by atoms with van der Waals surface area (Å²) >= 11 is 0. The van der Waals surface area contributed by atoms with Crippen LogP contribution in [0.1, 0.15) is 30.9 Å². The highest BCUT2D eigenvalue weighted by molar-refractivity contribution is 5.23. The van der Waals surface area contributed by atoms with Crippen molar-refractivity contribution in [2.45, 2.75) is 26.3 Å². The molecule has 1 saturated heterocycles. The maximum atomic E-state index is 12.4. The summed E-state index contributed by atoms with van der Waals surface area (Å²) in [6.45, 7) is 7.46. The summed E-state index contributed by atoms with van der Waals surface area (Å²) in [5, 5.41) is 3.42. The van der Waals surface area contributed by atoms with Crippen LogP contribution in [0, 0.1) is 5.92 Å². The van der Waals surface area contributed by atoms with Crippen LogP contribution in [0.3, 0.4) is 0 Å². The molecule has 1 aliphatic heterocycles. The summed E-state index contributed by atoms with van der Waals surface area (Å²) < 4.78 is 24.8. The van der Waals surface area contributed by atoms with Crippen molar-refractivity contribution in [2.75, 3.05) is 26.2 Å². The number of likely N-dealkylation sites (tertiary alicyclic amines) is 1. The molecule has 1 aromatic carbocycles. The Bertz CT molecular complexity index is 378. The van der Waals surface area contributed by atoms with Crippen molar-refractivity contribution < 1.29 is 8.78 Å². The zero-order valence-corrected chi connectivity index (χ0v) is 11.4. The van der Waals surface area contributed by atoms with Gasteiger partial charge < -0.3 is 10.2 Å². The monoisotopic (exact) mass is 268 g/mol. The molecule has 2 nitrogen and oxygen atoms in total. The van der Waals surface area contributed by atoms with Gasteiger partial charge in [-0.15, -0.1) is 0 Å². The number of benzene rings is 1. The van der Waals surface area contributed by atoms with Crippen molar-refractivity contribution in [1.82, 2.24) is 10.2 Å². The smallest absolute Gasteiger partial charge is 0.263 e. The molecule has 1 N–H and O–H groups in total. The lowest BCUT2D eigenvalue weighted by Crippen LogP contribution is -2.26. The molecule has 1 atom stereocenters. The Morgan fingerprint density at radius 2 is 2.05 bits per heavy atom. The second-order valence-electron chi connectivity index (χ2n) is 5.22. The van der Waals surface area contributed by atoms with E-state index in [1.54, 1.807) is 12.1 Å². The third kappa shape index (κ3) is 4.25. The van der Waals surface area contributed by atoms with E-state index in [-0.39, 0.29) is 5.56 Å². The minimum absolute atomic E-state index is 0.0955. The predicted molar refractivity (Wildman–Crippen MR) is 73.3 cm³/mol. The summed E-state index contributed by atoms with van der Waals surface area (Å²) in [4.78, 5) is 2.46. The molecular weight excluding hydrogens is 246 g/mol. The van der Waals surface area contributed by atoms with Crippen molar-refractivity contribution in [2.24, 2.45) is 5.92 Å². The summed E-state index contributed by atoms with van der Waals surface area (Å²) in [5.41, 5.74) is 1.16. The van der Waals surface area contributed by atoms with Crippen molar-refractivity contribution in [3.8, 4) is 0 Å². The number of halogens is 2. The number of rotatable bonds is 6. The van der Waals surface area contributed by atoms with Crippen LogP contribution in [-0.4, -0.2) is 31.1 Å². The lowest BCUT2D eigenvalue weighted by molar-refractivity contribution is 0.151. The Labute approximate surface area is 113 Å². The lowest BCUT2D eigenvalue weighted by atomic mass is 10.1. The standard InChI is InChI=1S/C15H22F2N2/c1-2-19-8-7-13(11-19)10-18-9-12-3-5-14(6-4-12)15(16)17/h3-6,13,15,18H,2,7-11H2,1H3. The molecule has 0 spiro atoms. The van der Waals surface area contributed by atoms with E-state index in [2.05, 4.69) is 17.1 Å². The molecule has 1 heterocycles. The zero-order chi connectivity index (χ0) is 13.7. The first-order chi connectivity index (χ1) is 9.19. The van der Waals surface area contributed by atoms with Gasteiger partial charge in [0.25, 0.3) is 6.43 Å². The predicted octanol–water partition coefficient (Wildman–Crippen LogP) is 3.06. The molecule has 1 aromatic rings. The van der Waals surface area contributed by atoms with Gasteiger partial charge in [-0.25, -0.2) is 8.78 Å². The highest BCUT2D eigenvalue weighted by Crippen LogP contribution is 2.19. The van der Waals surface area contributed by atoms with Crippen molar-refractivity contribution in [3.05, 3.63) is 35.4 Å². The fraction of sp³-hybridized carbons (Fsp3) is 0.600. The van der Waals surface area contributed by atoms with E-state index < -0.39 is 6.43 Å². The van der Waals surface area contributed by atoms with Gasteiger partial charge in [0.05, 0.1) is 0 Å². The van der Waals surface area contributed by atoms with E-state index in [4.69, 9.17) is 0 Å². The van der Waals surface area contributed by atoms with Crippen LogP contribution < -0.4 is 5.32 Å². The van der Waals surface area contributed by atoms with Crippen molar-refractivity contribution in [1.29, 1.82) is 0 Å². The van der Waals surface area contributed by atoms with Crippen LogP contribution >= 0.6 is 0 Å². The Hall–Kier alpha value is -1.00. The maximum Gasteiger partial charge on any atom is 0.263 e. The van der Waals surface area contributed by atoms with Gasteiger partial charge in [0.2, 0.25) is 0 Å². The Balaban J connectivity index is 1.71. The summed E-state index contributed by atoms with van der Waals surface area (Å²) in [6.07, 6.45) is -1.12. The Kier molecular flexibility index (Phi) is 5.28. The molecular formula is C15H22F2N2. The van der Waals surface area contributed by atoms with Crippen molar-refractivity contribution >= 4 is 0 Å². The van der Waals surface area contributed by atoms with Crippen LogP contribution in [0.4, 0.5) is 8.78 Å². The van der Waals surface area contributed by atoms with Gasteiger partial charge in [0.15, 0.2) is 0 Å². The molecule has 0 aromatic heterocycles. The first kappa shape index (κ1) is 14.4. The van der Waals surface area contributed by atoms with Gasteiger partial charge in [0, 0.05) is 18.7 Å². The molecule has 4 heteroatoms. The van der Waals surface area contributed by atoms with Gasteiger partial charge in [0.1, 0.15) is 0 Å². The number of nitrogens with zero attached hydrogens (tertiary/aromatic N) is 1. The highest BCUT2D eigenvalue weighted by atomic mass is 19.3. The number of hydrogen-bond acceptors (Lipinski definition) is 2. The number of hydrogen-bond donors (Lipinski definition) is 1. The number of nitrogens with one attached hydrogen (secondary N) is 1. The lowest BCUT2D eigenvalue weighted by Gasteiger charge is -2.13. The van der Waals surface area contributed by atoms with Gasteiger partial charge in [-0.1, -0.05) is 31.2 Å². The topological polar surface area (TPSA) is 15.3 Å². The van der Waals surface area contributed by atoms with Gasteiger partial charge >= 0.3 is 0 Å². The van der Waals surface area contributed by atoms with Crippen LogP contribution in [0.15, 0.2) is 24.3 Å². The first-order valence-electron chi connectivity index (χ1n) is 6.99. The third-order valence-electron chi connectivity index (χ3n) is 3.81. The van der Waals surface area contributed by atoms with Gasteiger partial charge in [-0.05, 0) is 37.5 Å². The normalized spacial score (nSPS) is 20.3. The van der Waals surface area contributed by atoms with Crippen LogP contribution in [0.2, 0.25) is 0 Å². The van der Waals surface area contributed by atoms with Crippen LogP contribution in [0.5, 0.6) is 0 Å². The number of alkyl halides is 2. The molecule has 0 aliphatic carbocycles. The minimum Gasteiger partial charge on any atom is -0.312 e. The minimum atomic E-state index is -2.37. The molecule has 19 heavy (non-hydrogen) atoms. The second kappa shape index (κ2) is 6.96. The Morgan fingerprint density at radius 3 is 2.63 bits per heavy atom.